The van der Waals surface area contributed by atoms with E-state index in [0.717, 1.165) is 0 Å². The minimum atomic E-state index is -0.405. The number of piperazine rings is 1. The van der Waals surface area contributed by atoms with Crippen LogP contribution in [0.2, 0.25) is 0 Å². The van der Waals surface area contributed by atoms with Gasteiger partial charge >= 0.3 is 0 Å². The van der Waals surface area contributed by atoms with Gasteiger partial charge < -0.3 is 21.1 Å². The fraction of sp³-hybridized carbons (Fsp3) is 0.429. The van der Waals surface area contributed by atoms with Crippen molar-refractivity contribution in [3.05, 3.63) is 18.2 Å². The number of benzene rings is 1. The number of nitrogens with zero attached hydrogens (tertiary/aromatic N) is 1. The van der Waals surface area contributed by atoms with E-state index in [1.807, 2.05) is 4.90 Å². The van der Waals surface area contributed by atoms with Crippen molar-refractivity contribution in [3.8, 4) is 5.75 Å². The lowest BCUT2D eigenvalue weighted by Crippen LogP contribution is -2.53. The fourth-order valence-corrected chi connectivity index (χ4v) is 2.17. The van der Waals surface area contributed by atoms with Gasteiger partial charge in [0.2, 0.25) is 11.8 Å². The predicted octanol–water partition coefficient (Wildman–Crippen LogP) is 0.0362. The Hall–Kier alpha value is -2.28. The molecule has 7 nitrogen and oxygen atoms in total. The van der Waals surface area contributed by atoms with Crippen LogP contribution in [0.3, 0.4) is 0 Å². The Labute approximate surface area is 123 Å². The standard InChI is InChI=1S/C14H20N4O3/c1-9(18-6-5-16-13(19)8-18)14(20)17-12-4-3-10(21-2)7-11(12)15/h3-4,7,9H,5-6,8,15H2,1-2H3,(H,16,19)(H,17,20). The number of nitrogens with two attached hydrogens (primary N) is 1. The van der Waals surface area contributed by atoms with Crippen LogP contribution < -0.4 is 21.1 Å². The monoisotopic (exact) mass is 292 g/mol. The molecule has 0 radical (unpaired) electrons. The third-order valence-corrected chi connectivity index (χ3v) is 3.51. The molecule has 0 spiro atoms. The van der Waals surface area contributed by atoms with E-state index in [-0.39, 0.29) is 18.4 Å². The predicted molar refractivity (Wildman–Crippen MR) is 80.1 cm³/mol. The van der Waals surface area contributed by atoms with E-state index in [0.29, 0.717) is 30.2 Å². The average molecular weight is 292 g/mol. The lowest BCUT2D eigenvalue weighted by Gasteiger charge is -2.31. The van der Waals surface area contributed by atoms with Crippen LogP contribution in [-0.4, -0.2) is 49.5 Å². The highest BCUT2D eigenvalue weighted by Gasteiger charge is 2.26. The number of amides is 2. The quantitative estimate of drug-likeness (QED) is 0.681. The van der Waals surface area contributed by atoms with Gasteiger partial charge in [-0.25, -0.2) is 0 Å². The van der Waals surface area contributed by atoms with Gasteiger partial charge in [-0.05, 0) is 19.1 Å². The van der Waals surface area contributed by atoms with Crippen molar-refractivity contribution in [2.45, 2.75) is 13.0 Å². The lowest BCUT2D eigenvalue weighted by molar-refractivity contribution is -0.127. The first kappa shape index (κ1) is 15.1. The maximum atomic E-state index is 12.3. The van der Waals surface area contributed by atoms with Gasteiger partial charge in [-0.1, -0.05) is 0 Å². The third kappa shape index (κ3) is 3.63. The van der Waals surface area contributed by atoms with Crippen molar-refractivity contribution in [2.24, 2.45) is 0 Å². The van der Waals surface area contributed by atoms with Crippen LogP contribution in [0.1, 0.15) is 6.92 Å². The van der Waals surface area contributed by atoms with Crippen molar-refractivity contribution in [1.82, 2.24) is 10.2 Å². The van der Waals surface area contributed by atoms with Gasteiger partial charge in [0.25, 0.3) is 0 Å². The molecule has 1 aliphatic rings. The number of ether oxygens (including phenoxy) is 1. The molecular weight excluding hydrogens is 272 g/mol. The van der Waals surface area contributed by atoms with E-state index >= 15 is 0 Å². The van der Waals surface area contributed by atoms with E-state index in [1.54, 1.807) is 32.2 Å². The van der Waals surface area contributed by atoms with E-state index < -0.39 is 6.04 Å². The molecule has 1 heterocycles. The number of hydrogen-bond acceptors (Lipinski definition) is 5. The van der Waals surface area contributed by atoms with Crippen LogP contribution in [0.25, 0.3) is 0 Å². The number of anilines is 2. The number of hydrogen-bond donors (Lipinski definition) is 3. The topological polar surface area (TPSA) is 96.7 Å². The van der Waals surface area contributed by atoms with Crippen molar-refractivity contribution in [2.75, 3.05) is 37.8 Å². The van der Waals surface area contributed by atoms with E-state index in [1.165, 1.54) is 0 Å². The maximum absolute atomic E-state index is 12.3. The molecular formula is C14H20N4O3. The maximum Gasteiger partial charge on any atom is 0.241 e. The molecule has 2 amide bonds. The van der Waals surface area contributed by atoms with Gasteiger partial charge in [-0.15, -0.1) is 0 Å². The average Bonchev–Trinajstić information content (AvgIpc) is 2.48. The molecule has 0 saturated carbocycles. The molecule has 7 heteroatoms. The van der Waals surface area contributed by atoms with Crippen molar-refractivity contribution in [1.29, 1.82) is 0 Å². The summed E-state index contributed by atoms with van der Waals surface area (Å²) in [6.45, 7) is 3.21. The van der Waals surface area contributed by atoms with E-state index in [4.69, 9.17) is 10.5 Å². The summed E-state index contributed by atoms with van der Waals surface area (Å²) in [5.41, 5.74) is 6.85. The number of carbonyl (C=O) groups is 2. The highest BCUT2D eigenvalue weighted by molar-refractivity contribution is 5.97. The Kier molecular flexibility index (Phi) is 4.64. The number of rotatable bonds is 4. The second-order valence-corrected chi connectivity index (χ2v) is 4.94. The largest absolute Gasteiger partial charge is 0.497 e. The van der Waals surface area contributed by atoms with Gasteiger partial charge in [0.05, 0.1) is 31.1 Å². The molecule has 21 heavy (non-hydrogen) atoms. The van der Waals surface area contributed by atoms with Crippen LogP contribution in [0, 0.1) is 0 Å². The summed E-state index contributed by atoms with van der Waals surface area (Å²) in [5.74, 6) is 0.373. The minimum Gasteiger partial charge on any atom is -0.497 e. The van der Waals surface area contributed by atoms with Crippen molar-refractivity contribution >= 4 is 23.2 Å². The molecule has 0 aromatic heterocycles. The first-order valence-corrected chi connectivity index (χ1v) is 6.76. The highest BCUT2D eigenvalue weighted by atomic mass is 16.5. The zero-order chi connectivity index (χ0) is 15.4. The first-order valence-electron chi connectivity index (χ1n) is 6.76. The molecule has 1 fully saturated rings. The van der Waals surface area contributed by atoms with Crippen LogP contribution in [0.5, 0.6) is 5.75 Å². The first-order chi connectivity index (χ1) is 10.0. The third-order valence-electron chi connectivity index (χ3n) is 3.51. The van der Waals surface area contributed by atoms with E-state index in [2.05, 4.69) is 10.6 Å². The normalized spacial score (nSPS) is 17.0. The van der Waals surface area contributed by atoms with Crippen molar-refractivity contribution < 1.29 is 14.3 Å². The Morgan fingerprint density at radius 2 is 2.29 bits per heavy atom. The summed E-state index contributed by atoms with van der Waals surface area (Å²) in [7, 11) is 1.55. The van der Waals surface area contributed by atoms with Crippen LogP contribution in [-0.2, 0) is 9.59 Å². The lowest BCUT2D eigenvalue weighted by atomic mass is 10.2. The molecule has 1 atom stereocenters. The van der Waals surface area contributed by atoms with E-state index in [9.17, 15) is 9.59 Å². The second kappa shape index (κ2) is 6.45. The molecule has 2 rings (SSSR count). The molecule has 1 saturated heterocycles. The molecule has 0 aliphatic carbocycles. The zero-order valence-corrected chi connectivity index (χ0v) is 12.2. The fourth-order valence-electron chi connectivity index (χ4n) is 2.17. The summed E-state index contributed by atoms with van der Waals surface area (Å²) in [4.78, 5) is 25.4. The number of methoxy groups -OCH3 is 1. The second-order valence-electron chi connectivity index (χ2n) is 4.94. The summed E-state index contributed by atoms with van der Waals surface area (Å²) in [6.07, 6.45) is 0. The highest BCUT2D eigenvalue weighted by Crippen LogP contribution is 2.24. The van der Waals surface area contributed by atoms with Gasteiger partial charge in [-0.2, -0.15) is 0 Å². The molecule has 1 unspecified atom stereocenters. The molecule has 1 aliphatic heterocycles. The SMILES string of the molecule is COc1ccc(NC(=O)C(C)N2CCNC(=O)C2)c(N)c1. The molecule has 1 aromatic rings. The van der Waals surface area contributed by atoms with Gasteiger partial charge in [0.15, 0.2) is 0 Å². The van der Waals surface area contributed by atoms with Crippen LogP contribution >= 0.6 is 0 Å². The van der Waals surface area contributed by atoms with Crippen LogP contribution in [0.4, 0.5) is 11.4 Å². The summed E-state index contributed by atoms with van der Waals surface area (Å²) >= 11 is 0. The number of nitrogens with one attached hydrogen (secondary N) is 2. The Bertz CT molecular complexity index is 547. The zero-order valence-electron chi connectivity index (χ0n) is 12.2. The Balaban J connectivity index is 2.01. The van der Waals surface area contributed by atoms with Gasteiger partial charge in [0.1, 0.15) is 5.75 Å². The molecule has 0 bridgehead atoms. The van der Waals surface area contributed by atoms with Gasteiger partial charge in [0, 0.05) is 19.2 Å². The summed E-state index contributed by atoms with van der Waals surface area (Å²) in [6, 6.07) is 4.67. The Morgan fingerprint density at radius 3 is 2.90 bits per heavy atom. The molecule has 1 aromatic carbocycles. The number of nitrogen functional groups attached to an aromatic ring is 1. The Morgan fingerprint density at radius 1 is 1.52 bits per heavy atom. The summed E-state index contributed by atoms with van der Waals surface area (Å²) in [5, 5.41) is 5.51. The summed E-state index contributed by atoms with van der Waals surface area (Å²) < 4.78 is 5.06. The molecule has 4 N–H and O–H groups in total. The smallest absolute Gasteiger partial charge is 0.241 e. The minimum absolute atomic E-state index is 0.0649. The number of carbonyl (C=O) groups excluding carboxylic acids is 2. The van der Waals surface area contributed by atoms with Crippen molar-refractivity contribution in [3.63, 3.8) is 0 Å². The van der Waals surface area contributed by atoms with Gasteiger partial charge in [-0.3, -0.25) is 14.5 Å². The van der Waals surface area contributed by atoms with Crippen LogP contribution in [0.15, 0.2) is 18.2 Å². The molecule has 114 valence electrons.